The Labute approximate surface area is 136 Å². The van der Waals surface area contributed by atoms with Gasteiger partial charge in [-0.1, -0.05) is 37.3 Å². The lowest BCUT2D eigenvalue weighted by atomic mass is 10.1. The van der Waals surface area contributed by atoms with Gasteiger partial charge in [-0.05, 0) is 12.0 Å². The third-order valence-electron chi connectivity index (χ3n) is 4.20. The van der Waals surface area contributed by atoms with Crippen LogP contribution in [0.5, 0.6) is 0 Å². The van der Waals surface area contributed by atoms with Gasteiger partial charge in [0.25, 0.3) is 0 Å². The predicted molar refractivity (Wildman–Crippen MR) is 88.5 cm³/mol. The van der Waals surface area contributed by atoms with Crippen LogP contribution in [-0.2, 0) is 29.3 Å². The summed E-state index contributed by atoms with van der Waals surface area (Å²) in [5, 5.41) is 7.13. The van der Waals surface area contributed by atoms with Gasteiger partial charge in [0.05, 0.1) is 18.1 Å². The number of aryl methyl sites for hydroxylation is 1. The SMILES string of the molecule is CCc1n[nH]c(CN(Cc2ccccc2)C2CCS(=O)(=O)C2)n1. The molecule has 1 aromatic heterocycles. The van der Waals surface area contributed by atoms with Crippen molar-refractivity contribution in [2.75, 3.05) is 11.5 Å². The quantitative estimate of drug-likeness (QED) is 0.867. The first-order chi connectivity index (χ1) is 11.1. The minimum atomic E-state index is -2.91. The van der Waals surface area contributed by atoms with Gasteiger partial charge in [0, 0.05) is 19.0 Å². The van der Waals surface area contributed by atoms with Gasteiger partial charge in [0.1, 0.15) is 11.6 Å². The summed E-state index contributed by atoms with van der Waals surface area (Å²) in [7, 11) is -2.91. The van der Waals surface area contributed by atoms with E-state index in [1.54, 1.807) is 0 Å². The molecule has 6 nitrogen and oxygen atoms in total. The first-order valence-corrected chi connectivity index (χ1v) is 9.76. The van der Waals surface area contributed by atoms with Crippen molar-refractivity contribution in [2.45, 2.75) is 38.9 Å². The van der Waals surface area contributed by atoms with Crippen LogP contribution in [0, 0.1) is 0 Å². The molecule has 0 radical (unpaired) electrons. The molecule has 1 atom stereocenters. The maximum Gasteiger partial charge on any atom is 0.151 e. The number of benzene rings is 1. The normalized spacial score (nSPS) is 20.2. The van der Waals surface area contributed by atoms with E-state index in [1.807, 2.05) is 25.1 Å². The molecule has 0 spiro atoms. The van der Waals surface area contributed by atoms with Crippen LogP contribution >= 0.6 is 0 Å². The van der Waals surface area contributed by atoms with Crippen LogP contribution in [0.4, 0.5) is 0 Å². The molecule has 2 heterocycles. The summed E-state index contributed by atoms with van der Waals surface area (Å²) in [4.78, 5) is 6.65. The van der Waals surface area contributed by atoms with Crippen LogP contribution in [0.15, 0.2) is 30.3 Å². The maximum absolute atomic E-state index is 11.8. The number of aromatic nitrogens is 3. The van der Waals surface area contributed by atoms with E-state index in [4.69, 9.17) is 0 Å². The van der Waals surface area contributed by atoms with E-state index in [-0.39, 0.29) is 17.5 Å². The van der Waals surface area contributed by atoms with Gasteiger partial charge in [0.15, 0.2) is 9.84 Å². The zero-order chi connectivity index (χ0) is 16.3. The average molecular weight is 334 g/mol. The number of sulfone groups is 1. The summed E-state index contributed by atoms with van der Waals surface area (Å²) >= 11 is 0. The van der Waals surface area contributed by atoms with Gasteiger partial charge >= 0.3 is 0 Å². The second kappa shape index (κ2) is 6.80. The highest BCUT2D eigenvalue weighted by molar-refractivity contribution is 7.91. The number of hydrogen-bond donors (Lipinski definition) is 1. The molecule has 1 aliphatic heterocycles. The van der Waals surface area contributed by atoms with Gasteiger partial charge < -0.3 is 0 Å². The Hall–Kier alpha value is -1.73. The molecule has 3 rings (SSSR count). The second-order valence-corrected chi connectivity index (χ2v) is 8.23. The molecule has 1 aromatic carbocycles. The summed E-state index contributed by atoms with van der Waals surface area (Å²) in [6.45, 7) is 3.31. The molecule has 0 saturated carbocycles. The van der Waals surface area contributed by atoms with Crippen molar-refractivity contribution < 1.29 is 8.42 Å². The Kier molecular flexibility index (Phi) is 4.77. The fourth-order valence-corrected chi connectivity index (χ4v) is 4.71. The van der Waals surface area contributed by atoms with E-state index in [0.29, 0.717) is 19.5 Å². The highest BCUT2D eigenvalue weighted by Gasteiger charge is 2.32. The average Bonchev–Trinajstić information content (AvgIpc) is 3.13. The number of hydrogen-bond acceptors (Lipinski definition) is 5. The molecule has 0 amide bonds. The monoisotopic (exact) mass is 334 g/mol. The Morgan fingerprint density at radius 2 is 2.04 bits per heavy atom. The topological polar surface area (TPSA) is 79.0 Å². The molecule has 2 aromatic rings. The molecule has 1 aliphatic rings. The standard InChI is InChI=1S/C16H22N4O2S/c1-2-15-17-16(19-18-15)11-20(10-13-6-4-3-5-7-13)14-8-9-23(21,22)12-14/h3-7,14H,2,8-12H2,1H3,(H,17,18,19). The molecule has 0 bridgehead atoms. The van der Waals surface area contributed by atoms with Crippen molar-refractivity contribution in [1.29, 1.82) is 0 Å². The Bertz CT molecular complexity index is 742. The van der Waals surface area contributed by atoms with Crippen LogP contribution in [-0.4, -0.2) is 46.0 Å². The van der Waals surface area contributed by atoms with E-state index >= 15 is 0 Å². The molecule has 1 saturated heterocycles. The summed E-state index contributed by atoms with van der Waals surface area (Å²) in [6.07, 6.45) is 1.47. The minimum absolute atomic E-state index is 0.0374. The lowest BCUT2D eigenvalue weighted by Gasteiger charge is -2.27. The van der Waals surface area contributed by atoms with Crippen molar-refractivity contribution in [1.82, 2.24) is 20.1 Å². The molecule has 1 N–H and O–H groups in total. The highest BCUT2D eigenvalue weighted by atomic mass is 32.2. The van der Waals surface area contributed by atoms with Crippen molar-refractivity contribution in [2.24, 2.45) is 0 Å². The van der Waals surface area contributed by atoms with Crippen LogP contribution in [0.3, 0.4) is 0 Å². The predicted octanol–water partition coefficient (Wildman–Crippen LogP) is 1.56. The van der Waals surface area contributed by atoms with E-state index in [2.05, 4.69) is 32.2 Å². The number of nitrogens with zero attached hydrogens (tertiary/aromatic N) is 3. The lowest BCUT2D eigenvalue weighted by Crippen LogP contribution is -2.35. The lowest BCUT2D eigenvalue weighted by molar-refractivity contribution is 0.189. The molecule has 1 unspecified atom stereocenters. The Morgan fingerprint density at radius 3 is 2.65 bits per heavy atom. The molecular formula is C16H22N4O2S. The van der Waals surface area contributed by atoms with Gasteiger partial charge in [-0.15, -0.1) is 0 Å². The number of rotatable bonds is 6. The highest BCUT2D eigenvalue weighted by Crippen LogP contribution is 2.21. The van der Waals surface area contributed by atoms with Crippen LogP contribution in [0.2, 0.25) is 0 Å². The summed E-state index contributed by atoms with van der Waals surface area (Å²) in [6, 6.07) is 10.2. The Balaban J connectivity index is 1.78. The van der Waals surface area contributed by atoms with Gasteiger partial charge in [-0.3, -0.25) is 10.00 Å². The summed E-state index contributed by atoms with van der Waals surface area (Å²) < 4.78 is 23.7. The van der Waals surface area contributed by atoms with Crippen molar-refractivity contribution in [3.8, 4) is 0 Å². The zero-order valence-corrected chi connectivity index (χ0v) is 14.1. The van der Waals surface area contributed by atoms with E-state index in [1.165, 1.54) is 5.56 Å². The molecule has 0 aliphatic carbocycles. The third kappa shape index (κ3) is 4.17. The van der Waals surface area contributed by atoms with E-state index in [9.17, 15) is 8.42 Å². The van der Waals surface area contributed by atoms with Gasteiger partial charge in [-0.25, -0.2) is 13.4 Å². The van der Waals surface area contributed by atoms with Crippen LogP contribution < -0.4 is 0 Å². The third-order valence-corrected chi connectivity index (χ3v) is 5.95. The van der Waals surface area contributed by atoms with Crippen LogP contribution in [0.25, 0.3) is 0 Å². The number of aromatic amines is 1. The van der Waals surface area contributed by atoms with Crippen molar-refractivity contribution >= 4 is 9.84 Å². The summed E-state index contributed by atoms with van der Waals surface area (Å²) in [5.74, 6) is 2.09. The van der Waals surface area contributed by atoms with Gasteiger partial charge in [-0.2, -0.15) is 5.10 Å². The largest absolute Gasteiger partial charge is 0.288 e. The van der Waals surface area contributed by atoms with Crippen molar-refractivity contribution in [3.05, 3.63) is 47.5 Å². The smallest absolute Gasteiger partial charge is 0.151 e. The molecular weight excluding hydrogens is 312 g/mol. The first-order valence-electron chi connectivity index (χ1n) is 7.94. The molecule has 1 fully saturated rings. The molecule has 124 valence electrons. The fraction of sp³-hybridized carbons (Fsp3) is 0.500. The van der Waals surface area contributed by atoms with Crippen molar-refractivity contribution in [3.63, 3.8) is 0 Å². The van der Waals surface area contributed by atoms with Gasteiger partial charge in [0.2, 0.25) is 0 Å². The minimum Gasteiger partial charge on any atom is -0.288 e. The molecule has 23 heavy (non-hydrogen) atoms. The molecule has 7 heteroatoms. The first kappa shape index (κ1) is 16.1. The maximum atomic E-state index is 11.8. The van der Waals surface area contributed by atoms with Crippen LogP contribution in [0.1, 0.15) is 30.6 Å². The number of H-pyrrole nitrogens is 1. The zero-order valence-electron chi connectivity index (χ0n) is 13.3. The summed E-state index contributed by atoms with van der Waals surface area (Å²) in [5.41, 5.74) is 1.17. The number of nitrogens with one attached hydrogen (secondary N) is 1. The fourth-order valence-electron chi connectivity index (χ4n) is 2.95. The van der Waals surface area contributed by atoms with E-state index in [0.717, 1.165) is 18.1 Å². The van der Waals surface area contributed by atoms with E-state index < -0.39 is 9.84 Å². The Morgan fingerprint density at radius 1 is 1.26 bits per heavy atom. The second-order valence-electron chi connectivity index (χ2n) is 6.00.